The third-order valence-corrected chi connectivity index (χ3v) is 2.69. The van der Waals surface area contributed by atoms with E-state index in [0.29, 0.717) is 0 Å². The molecule has 0 unspecified atom stereocenters. The van der Waals surface area contributed by atoms with Crippen molar-refractivity contribution >= 4 is 10.8 Å². The van der Waals surface area contributed by atoms with Crippen LogP contribution < -0.4 is 0 Å². The van der Waals surface area contributed by atoms with Gasteiger partial charge in [-0.25, -0.2) is 0 Å². The second-order valence-electron chi connectivity index (χ2n) is 3.67. The highest BCUT2D eigenvalue weighted by molar-refractivity contribution is 5.83. The van der Waals surface area contributed by atoms with Gasteiger partial charge in [0.1, 0.15) is 0 Å². The van der Waals surface area contributed by atoms with Gasteiger partial charge in [0.15, 0.2) is 0 Å². The van der Waals surface area contributed by atoms with Crippen LogP contribution in [0.4, 0.5) is 0 Å². The molecule has 0 aromatic heterocycles. The molecular formula is C13H14O2. The van der Waals surface area contributed by atoms with E-state index < -0.39 is 0 Å². The van der Waals surface area contributed by atoms with Gasteiger partial charge in [-0.1, -0.05) is 42.5 Å². The molecule has 0 radical (unpaired) electrons. The van der Waals surface area contributed by atoms with E-state index in [1.807, 2.05) is 42.5 Å². The van der Waals surface area contributed by atoms with Gasteiger partial charge in [-0.3, -0.25) is 0 Å². The van der Waals surface area contributed by atoms with Crippen LogP contribution in [0.3, 0.4) is 0 Å². The minimum atomic E-state index is -0.172. The molecule has 0 heterocycles. The SMILES string of the molecule is OCC(CO)c1ccc2ccccc2c1. The first-order valence-electron chi connectivity index (χ1n) is 5.05. The second kappa shape index (κ2) is 4.43. The fourth-order valence-electron chi connectivity index (χ4n) is 1.73. The lowest BCUT2D eigenvalue weighted by molar-refractivity contribution is 0.192. The fourth-order valence-corrected chi connectivity index (χ4v) is 1.73. The summed E-state index contributed by atoms with van der Waals surface area (Å²) in [5, 5.41) is 20.5. The molecule has 0 saturated heterocycles. The van der Waals surface area contributed by atoms with Crippen LogP contribution in [0.5, 0.6) is 0 Å². The maximum Gasteiger partial charge on any atom is 0.0521 e. The molecule has 2 N–H and O–H groups in total. The fraction of sp³-hybridized carbons (Fsp3) is 0.231. The highest BCUT2D eigenvalue weighted by Gasteiger charge is 2.08. The molecule has 0 bridgehead atoms. The number of aliphatic hydroxyl groups excluding tert-OH is 2. The molecule has 0 fully saturated rings. The lowest BCUT2D eigenvalue weighted by Gasteiger charge is -2.11. The predicted octanol–water partition coefficient (Wildman–Crippen LogP) is 1.91. The lowest BCUT2D eigenvalue weighted by Crippen LogP contribution is -2.08. The summed E-state index contributed by atoms with van der Waals surface area (Å²) in [5.41, 5.74) is 0.985. The van der Waals surface area contributed by atoms with Gasteiger partial charge in [0, 0.05) is 5.92 Å². The minimum absolute atomic E-state index is 0.0190. The zero-order valence-electron chi connectivity index (χ0n) is 8.43. The summed E-state index contributed by atoms with van der Waals surface area (Å²) in [5.74, 6) is -0.172. The van der Waals surface area contributed by atoms with Gasteiger partial charge in [0.25, 0.3) is 0 Å². The van der Waals surface area contributed by atoms with E-state index in [1.54, 1.807) is 0 Å². The van der Waals surface area contributed by atoms with Crippen LogP contribution in [0.2, 0.25) is 0 Å². The number of benzene rings is 2. The largest absolute Gasteiger partial charge is 0.396 e. The van der Waals surface area contributed by atoms with Crippen LogP contribution in [-0.2, 0) is 0 Å². The molecule has 2 nitrogen and oxygen atoms in total. The van der Waals surface area contributed by atoms with Gasteiger partial charge in [-0.15, -0.1) is 0 Å². The highest BCUT2D eigenvalue weighted by Crippen LogP contribution is 2.21. The zero-order chi connectivity index (χ0) is 10.7. The molecule has 0 spiro atoms. The smallest absolute Gasteiger partial charge is 0.0521 e. The Balaban J connectivity index is 2.46. The van der Waals surface area contributed by atoms with Crippen molar-refractivity contribution in [1.29, 1.82) is 0 Å². The van der Waals surface area contributed by atoms with E-state index in [2.05, 4.69) is 0 Å². The van der Waals surface area contributed by atoms with Crippen LogP contribution in [0.1, 0.15) is 11.5 Å². The van der Waals surface area contributed by atoms with Crippen LogP contribution in [0, 0.1) is 0 Å². The third-order valence-electron chi connectivity index (χ3n) is 2.69. The van der Waals surface area contributed by atoms with Crippen molar-refractivity contribution in [1.82, 2.24) is 0 Å². The van der Waals surface area contributed by atoms with Crippen LogP contribution >= 0.6 is 0 Å². The molecule has 2 aromatic rings. The first-order valence-corrected chi connectivity index (χ1v) is 5.05. The van der Waals surface area contributed by atoms with Gasteiger partial charge in [-0.2, -0.15) is 0 Å². The quantitative estimate of drug-likeness (QED) is 0.798. The molecule has 15 heavy (non-hydrogen) atoms. The van der Waals surface area contributed by atoms with Crippen LogP contribution in [-0.4, -0.2) is 23.4 Å². The maximum absolute atomic E-state index is 9.09. The third kappa shape index (κ3) is 2.01. The van der Waals surface area contributed by atoms with Crippen molar-refractivity contribution in [3.63, 3.8) is 0 Å². The molecule has 2 aromatic carbocycles. The Morgan fingerprint density at radius 2 is 1.53 bits per heavy atom. The van der Waals surface area contributed by atoms with Gasteiger partial charge in [-0.05, 0) is 16.3 Å². The summed E-state index contributed by atoms with van der Waals surface area (Å²) < 4.78 is 0. The molecule has 0 aliphatic carbocycles. The Labute approximate surface area is 88.8 Å². The standard InChI is InChI=1S/C13H14O2/c14-8-13(9-15)12-6-5-10-3-1-2-4-11(10)7-12/h1-7,13-15H,8-9H2. The summed E-state index contributed by atoms with van der Waals surface area (Å²) >= 11 is 0. The van der Waals surface area contributed by atoms with E-state index in [9.17, 15) is 0 Å². The van der Waals surface area contributed by atoms with Crippen molar-refractivity contribution < 1.29 is 10.2 Å². The molecule has 2 rings (SSSR count). The Hall–Kier alpha value is -1.38. The molecule has 0 saturated carbocycles. The van der Waals surface area contributed by atoms with E-state index in [4.69, 9.17) is 10.2 Å². The van der Waals surface area contributed by atoms with Crippen molar-refractivity contribution in [3.8, 4) is 0 Å². The van der Waals surface area contributed by atoms with Gasteiger partial charge < -0.3 is 10.2 Å². The van der Waals surface area contributed by atoms with Crippen LogP contribution in [0.25, 0.3) is 10.8 Å². The molecule has 0 atom stereocenters. The van der Waals surface area contributed by atoms with Gasteiger partial charge >= 0.3 is 0 Å². The Morgan fingerprint density at radius 3 is 2.20 bits per heavy atom. The van der Waals surface area contributed by atoms with Crippen molar-refractivity contribution in [3.05, 3.63) is 48.0 Å². The normalized spacial score (nSPS) is 11.1. The molecular weight excluding hydrogens is 188 g/mol. The first-order chi connectivity index (χ1) is 7.35. The number of hydrogen-bond acceptors (Lipinski definition) is 2. The summed E-state index contributed by atoms with van der Waals surface area (Å²) in [6.07, 6.45) is 0. The first kappa shape index (κ1) is 10.1. The highest BCUT2D eigenvalue weighted by atomic mass is 16.3. The van der Waals surface area contributed by atoms with Crippen molar-refractivity contribution in [2.24, 2.45) is 0 Å². The monoisotopic (exact) mass is 202 g/mol. The zero-order valence-corrected chi connectivity index (χ0v) is 8.43. The Morgan fingerprint density at radius 1 is 0.867 bits per heavy atom. The summed E-state index contributed by atoms with van der Waals surface area (Å²) in [7, 11) is 0. The minimum Gasteiger partial charge on any atom is -0.396 e. The second-order valence-corrected chi connectivity index (χ2v) is 3.67. The van der Waals surface area contributed by atoms with Crippen molar-refractivity contribution in [2.45, 2.75) is 5.92 Å². The molecule has 0 amide bonds. The summed E-state index contributed by atoms with van der Waals surface area (Å²) in [6, 6.07) is 14.1. The Bertz CT molecular complexity index is 447. The molecule has 78 valence electrons. The van der Waals surface area contributed by atoms with E-state index in [0.717, 1.165) is 10.9 Å². The van der Waals surface area contributed by atoms with E-state index >= 15 is 0 Å². The topological polar surface area (TPSA) is 40.5 Å². The number of rotatable bonds is 3. The van der Waals surface area contributed by atoms with E-state index in [1.165, 1.54) is 5.39 Å². The average molecular weight is 202 g/mol. The lowest BCUT2D eigenvalue weighted by atomic mass is 9.98. The maximum atomic E-state index is 9.09. The summed E-state index contributed by atoms with van der Waals surface area (Å²) in [4.78, 5) is 0. The van der Waals surface area contributed by atoms with Crippen LogP contribution in [0.15, 0.2) is 42.5 Å². The Kier molecular flexibility index (Phi) is 2.99. The number of aliphatic hydroxyl groups is 2. The average Bonchev–Trinajstić information content (AvgIpc) is 2.30. The molecule has 0 aliphatic rings. The summed E-state index contributed by atoms with van der Waals surface area (Å²) in [6.45, 7) is -0.0380. The molecule has 2 heteroatoms. The van der Waals surface area contributed by atoms with Gasteiger partial charge in [0.2, 0.25) is 0 Å². The van der Waals surface area contributed by atoms with Crippen molar-refractivity contribution in [2.75, 3.05) is 13.2 Å². The number of fused-ring (bicyclic) bond motifs is 1. The molecule has 0 aliphatic heterocycles. The predicted molar refractivity (Wildman–Crippen MR) is 60.9 cm³/mol. The van der Waals surface area contributed by atoms with Gasteiger partial charge in [0.05, 0.1) is 13.2 Å². The number of hydrogen-bond donors (Lipinski definition) is 2. The van der Waals surface area contributed by atoms with E-state index in [-0.39, 0.29) is 19.1 Å².